The van der Waals surface area contributed by atoms with Gasteiger partial charge in [-0.15, -0.1) is 0 Å². The van der Waals surface area contributed by atoms with Crippen LogP contribution in [0.1, 0.15) is 16.8 Å². The largest absolute Gasteiger partial charge is 0.490 e. The Morgan fingerprint density at radius 1 is 1.03 bits per heavy atom. The minimum absolute atomic E-state index is 0.345. The second kappa shape index (κ2) is 9.92. The minimum atomic E-state index is -0.720. The van der Waals surface area contributed by atoms with Crippen LogP contribution in [-0.4, -0.2) is 44.1 Å². The molecule has 3 rings (SSSR count). The van der Waals surface area contributed by atoms with Gasteiger partial charge in [-0.2, -0.15) is 0 Å². The summed E-state index contributed by atoms with van der Waals surface area (Å²) in [4.78, 5) is 35.7. The maximum absolute atomic E-state index is 12.0. The minimum Gasteiger partial charge on any atom is -0.490 e. The van der Waals surface area contributed by atoms with Crippen LogP contribution in [0.4, 0.5) is 5.69 Å². The van der Waals surface area contributed by atoms with Crippen LogP contribution in [0, 0.1) is 0 Å². The number of amides is 2. The van der Waals surface area contributed by atoms with Crippen molar-refractivity contribution in [2.24, 2.45) is 0 Å². The maximum atomic E-state index is 12.0. The number of fused-ring (bicyclic) bond motifs is 1. The maximum Gasteiger partial charge on any atom is 0.325 e. The van der Waals surface area contributed by atoms with Crippen LogP contribution in [0.3, 0.4) is 0 Å². The summed E-state index contributed by atoms with van der Waals surface area (Å²) < 4.78 is 16.7. The van der Waals surface area contributed by atoms with Gasteiger partial charge in [0.15, 0.2) is 18.1 Å². The van der Waals surface area contributed by atoms with Gasteiger partial charge < -0.3 is 24.8 Å². The molecule has 1 aliphatic heterocycles. The number of rotatable bonds is 6. The first-order valence-corrected chi connectivity index (χ1v) is 9.69. The molecule has 0 saturated heterocycles. The van der Waals surface area contributed by atoms with Gasteiger partial charge in [0.25, 0.3) is 11.8 Å². The summed E-state index contributed by atoms with van der Waals surface area (Å²) in [6.07, 6.45) is 0.782. The fraction of sp³-hybridized carbons (Fsp3) is 0.250. The molecule has 0 bridgehead atoms. The van der Waals surface area contributed by atoms with Gasteiger partial charge in [-0.05, 0) is 30.3 Å². The Labute approximate surface area is 175 Å². The molecule has 0 unspecified atom stereocenters. The van der Waals surface area contributed by atoms with E-state index < -0.39 is 24.4 Å². The van der Waals surface area contributed by atoms with Crippen molar-refractivity contribution in [1.82, 2.24) is 5.32 Å². The number of hydrogen-bond acceptors (Lipinski definition) is 6. The molecule has 1 heterocycles. The van der Waals surface area contributed by atoms with Crippen LogP contribution >= 0.6 is 15.9 Å². The quantitative estimate of drug-likeness (QED) is 0.639. The molecule has 0 aromatic heterocycles. The zero-order chi connectivity index (χ0) is 20.6. The lowest BCUT2D eigenvalue weighted by molar-refractivity contribution is -0.146. The predicted molar refractivity (Wildman–Crippen MR) is 108 cm³/mol. The fourth-order valence-corrected chi connectivity index (χ4v) is 2.92. The van der Waals surface area contributed by atoms with E-state index in [9.17, 15) is 14.4 Å². The lowest BCUT2D eigenvalue weighted by atomic mass is 10.2. The molecule has 9 heteroatoms. The first-order valence-electron chi connectivity index (χ1n) is 8.90. The van der Waals surface area contributed by atoms with Crippen LogP contribution in [0.5, 0.6) is 11.5 Å². The standard InChI is InChI=1S/C20H19BrN2O6/c21-14-4-1-3-13(9-14)20(26)22-11-19(25)29-12-18(24)23-15-5-6-16-17(10-15)28-8-2-7-27-16/h1,3-6,9-10H,2,7-8,11-12H2,(H,22,26)(H,23,24). The SMILES string of the molecule is O=C(COC(=O)CNC(=O)c1cccc(Br)c1)Nc1ccc2c(c1)OCCCO2. The van der Waals surface area contributed by atoms with Gasteiger partial charge in [-0.3, -0.25) is 14.4 Å². The zero-order valence-corrected chi connectivity index (χ0v) is 17.0. The number of benzene rings is 2. The number of hydrogen-bond donors (Lipinski definition) is 2. The molecule has 0 radical (unpaired) electrons. The Morgan fingerprint density at radius 2 is 1.83 bits per heavy atom. The van der Waals surface area contributed by atoms with Crippen molar-refractivity contribution < 1.29 is 28.6 Å². The van der Waals surface area contributed by atoms with Crippen LogP contribution in [-0.2, 0) is 14.3 Å². The van der Waals surface area contributed by atoms with Crippen LogP contribution < -0.4 is 20.1 Å². The summed E-state index contributed by atoms with van der Waals surface area (Å²) in [7, 11) is 0. The normalized spacial score (nSPS) is 12.4. The molecule has 2 aromatic carbocycles. The number of esters is 1. The summed E-state index contributed by atoms with van der Waals surface area (Å²) in [5.41, 5.74) is 0.901. The number of nitrogens with one attached hydrogen (secondary N) is 2. The van der Waals surface area contributed by atoms with Gasteiger partial charge in [0.1, 0.15) is 6.54 Å². The summed E-state index contributed by atoms with van der Waals surface area (Å²) in [5, 5.41) is 5.06. The highest BCUT2D eigenvalue weighted by molar-refractivity contribution is 9.10. The molecular formula is C20H19BrN2O6. The van der Waals surface area contributed by atoms with Gasteiger partial charge in [0.2, 0.25) is 0 Å². The molecule has 29 heavy (non-hydrogen) atoms. The van der Waals surface area contributed by atoms with Gasteiger partial charge >= 0.3 is 5.97 Å². The van der Waals surface area contributed by atoms with Crippen LogP contribution in [0.25, 0.3) is 0 Å². The third-order valence-corrected chi connectivity index (χ3v) is 4.37. The van der Waals surface area contributed by atoms with Crippen molar-refractivity contribution in [3.63, 3.8) is 0 Å². The van der Waals surface area contributed by atoms with Crippen LogP contribution in [0.15, 0.2) is 46.9 Å². The highest BCUT2D eigenvalue weighted by atomic mass is 79.9. The molecule has 1 aliphatic rings. The number of ether oxygens (including phenoxy) is 3. The molecule has 152 valence electrons. The number of halogens is 1. The summed E-state index contributed by atoms with van der Waals surface area (Å²) in [6, 6.07) is 11.8. The van der Waals surface area contributed by atoms with E-state index in [0.717, 1.165) is 10.9 Å². The van der Waals surface area contributed by atoms with Gasteiger partial charge in [-0.1, -0.05) is 22.0 Å². The summed E-state index contributed by atoms with van der Waals surface area (Å²) >= 11 is 3.27. The van der Waals surface area contributed by atoms with Gasteiger partial charge in [0, 0.05) is 28.2 Å². The van der Waals surface area contributed by atoms with Gasteiger partial charge in [-0.25, -0.2) is 0 Å². The topological polar surface area (TPSA) is 103 Å². The van der Waals surface area contributed by atoms with Gasteiger partial charge in [0.05, 0.1) is 13.2 Å². The first kappa shape index (κ1) is 20.7. The molecule has 0 atom stereocenters. The Balaban J connectivity index is 1.42. The zero-order valence-electron chi connectivity index (χ0n) is 15.4. The number of carbonyl (C=O) groups excluding carboxylic acids is 3. The third kappa shape index (κ3) is 6.21. The number of anilines is 1. The lowest BCUT2D eigenvalue weighted by Crippen LogP contribution is -2.32. The second-order valence-corrected chi connectivity index (χ2v) is 7.03. The average molecular weight is 463 g/mol. The molecule has 2 amide bonds. The van der Waals surface area contributed by atoms with E-state index >= 15 is 0 Å². The Bertz CT molecular complexity index is 918. The third-order valence-electron chi connectivity index (χ3n) is 3.88. The monoisotopic (exact) mass is 462 g/mol. The average Bonchev–Trinajstić information content (AvgIpc) is 2.95. The molecule has 2 aromatic rings. The van der Waals surface area contributed by atoms with Crippen molar-refractivity contribution in [3.05, 3.63) is 52.5 Å². The number of carbonyl (C=O) groups is 3. The van der Waals surface area contributed by atoms with Crippen molar-refractivity contribution in [2.75, 3.05) is 31.7 Å². The molecule has 0 saturated carbocycles. The Morgan fingerprint density at radius 3 is 2.62 bits per heavy atom. The highest BCUT2D eigenvalue weighted by Gasteiger charge is 2.14. The first-order chi connectivity index (χ1) is 14.0. The van der Waals surface area contributed by atoms with Crippen molar-refractivity contribution >= 4 is 39.4 Å². The Hall–Kier alpha value is -3.07. The van der Waals surface area contributed by atoms with Crippen molar-refractivity contribution in [3.8, 4) is 11.5 Å². The molecule has 8 nitrogen and oxygen atoms in total. The molecular weight excluding hydrogens is 444 g/mol. The van der Waals surface area contributed by atoms with E-state index in [-0.39, 0.29) is 6.54 Å². The molecule has 0 aliphatic carbocycles. The Kier molecular flexibility index (Phi) is 7.07. The van der Waals surface area contributed by atoms with Crippen molar-refractivity contribution in [2.45, 2.75) is 6.42 Å². The summed E-state index contributed by atoms with van der Waals surface area (Å²) in [6.45, 7) is 0.295. The van der Waals surface area contributed by atoms with E-state index in [0.29, 0.717) is 36.0 Å². The molecule has 2 N–H and O–H groups in total. The van der Waals surface area contributed by atoms with E-state index in [1.165, 1.54) is 0 Å². The van der Waals surface area contributed by atoms with Crippen molar-refractivity contribution in [1.29, 1.82) is 0 Å². The lowest BCUT2D eigenvalue weighted by Gasteiger charge is -2.11. The van der Waals surface area contributed by atoms with E-state index in [1.807, 2.05) is 0 Å². The molecule has 0 spiro atoms. The predicted octanol–water partition coefficient (Wildman–Crippen LogP) is 2.52. The molecule has 0 fully saturated rings. The smallest absolute Gasteiger partial charge is 0.325 e. The second-order valence-electron chi connectivity index (χ2n) is 6.11. The van der Waals surface area contributed by atoms with E-state index in [2.05, 4.69) is 26.6 Å². The highest BCUT2D eigenvalue weighted by Crippen LogP contribution is 2.32. The van der Waals surface area contributed by atoms with Crippen LogP contribution in [0.2, 0.25) is 0 Å². The van der Waals surface area contributed by atoms with E-state index in [4.69, 9.17) is 14.2 Å². The van der Waals surface area contributed by atoms with E-state index in [1.54, 1.807) is 42.5 Å². The summed E-state index contributed by atoms with van der Waals surface area (Å²) in [5.74, 6) is -0.478. The fourth-order valence-electron chi connectivity index (χ4n) is 2.52.